The van der Waals surface area contributed by atoms with Crippen LogP contribution >= 0.6 is 27.5 Å². The summed E-state index contributed by atoms with van der Waals surface area (Å²) >= 11 is 9.35. The summed E-state index contributed by atoms with van der Waals surface area (Å²) in [4.78, 5) is 4.42. The molecule has 2 aromatic rings. The standard InChI is InChI=1S/C16H17BrClNO2/c1-10-8-19-15(11(2)16(10)20-3)9-21-13-4-5-14(17)12(6-13)7-18/h4-6,8H,7,9H2,1-3H3. The van der Waals surface area contributed by atoms with Gasteiger partial charge in [-0.1, -0.05) is 15.9 Å². The average Bonchev–Trinajstić information content (AvgIpc) is 2.48. The highest BCUT2D eigenvalue weighted by Crippen LogP contribution is 2.27. The molecule has 0 aliphatic rings. The molecule has 0 saturated heterocycles. The maximum absolute atomic E-state index is 5.89. The molecule has 0 radical (unpaired) electrons. The van der Waals surface area contributed by atoms with Crippen LogP contribution < -0.4 is 9.47 Å². The first-order valence-electron chi connectivity index (χ1n) is 6.53. The molecule has 0 N–H and O–H groups in total. The fraction of sp³-hybridized carbons (Fsp3) is 0.312. The predicted molar refractivity (Wildman–Crippen MR) is 88.3 cm³/mol. The molecule has 0 spiro atoms. The smallest absolute Gasteiger partial charge is 0.131 e. The number of halogens is 2. The van der Waals surface area contributed by atoms with E-state index >= 15 is 0 Å². The number of hydrogen-bond donors (Lipinski definition) is 0. The van der Waals surface area contributed by atoms with E-state index in [2.05, 4.69) is 20.9 Å². The second-order valence-corrected chi connectivity index (χ2v) is 5.84. The largest absolute Gasteiger partial charge is 0.496 e. The summed E-state index contributed by atoms with van der Waals surface area (Å²) in [7, 11) is 1.67. The first-order chi connectivity index (χ1) is 10.1. The van der Waals surface area contributed by atoms with E-state index in [1.54, 1.807) is 13.3 Å². The van der Waals surface area contributed by atoms with Crippen molar-refractivity contribution < 1.29 is 9.47 Å². The molecular formula is C16H17BrClNO2. The van der Waals surface area contributed by atoms with Gasteiger partial charge in [-0.25, -0.2) is 0 Å². The van der Waals surface area contributed by atoms with Crippen LogP contribution in [0.4, 0.5) is 0 Å². The minimum absolute atomic E-state index is 0.395. The second-order valence-electron chi connectivity index (χ2n) is 4.72. The number of benzene rings is 1. The third kappa shape index (κ3) is 3.69. The van der Waals surface area contributed by atoms with Crippen molar-refractivity contribution in [2.45, 2.75) is 26.3 Å². The number of aromatic nitrogens is 1. The summed E-state index contributed by atoms with van der Waals surface area (Å²) in [5.41, 5.74) is 3.90. The Bertz CT molecular complexity index is 646. The van der Waals surface area contributed by atoms with Crippen LogP contribution in [0.3, 0.4) is 0 Å². The molecule has 0 saturated carbocycles. The molecule has 1 aromatic heterocycles. The third-order valence-electron chi connectivity index (χ3n) is 3.29. The summed E-state index contributed by atoms with van der Waals surface area (Å²) in [5, 5.41) is 0. The minimum Gasteiger partial charge on any atom is -0.496 e. The summed E-state index contributed by atoms with van der Waals surface area (Å²) in [5.74, 6) is 2.07. The Balaban J connectivity index is 2.17. The molecule has 0 aliphatic heterocycles. The Hall–Kier alpha value is -1.26. The van der Waals surface area contributed by atoms with Crippen molar-refractivity contribution in [3.8, 4) is 11.5 Å². The Kier molecular flexibility index (Phi) is 5.48. The van der Waals surface area contributed by atoms with Gasteiger partial charge in [-0.2, -0.15) is 0 Å². The molecule has 0 bridgehead atoms. The Morgan fingerprint density at radius 2 is 2.05 bits per heavy atom. The van der Waals surface area contributed by atoms with E-state index in [1.807, 2.05) is 32.0 Å². The van der Waals surface area contributed by atoms with Crippen molar-refractivity contribution in [3.63, 3.8) is 0 Å². The topological polar surface area (TPSA) is 31.4 Å². The normalized spacial score (nSPS) is 10.5. The van der Waals surface area contributed by atoms with E-state index in [-0.39, 0.29) is 0 Å². The molecule has 0 amide bonds. The van der Waals surface area contributed by atoms with Crippen molar-refractivity contribution in [2.24, 2.45) is 0 Å². The first-order valence-corrected chi connectivity index (χ1v) is 7.85. The SMILES string of the molecule is COc1c(C)cnc(COc2ccc(Br)c(CCl)c2)c1C. The Morgan fingerprint density at radius 3 is 2.71 bits per heavy atom. The van der Waals surface area contributed by atoms with Crippen LogP contribution in [-0.4, -0.2) is 12.1 Å². The third-order valence-corrected chi connectivity index (χ3v) is 4.35. The van der Waals surface area contributed by atoms with Crippen molar-refractivity contribution in [1.29, 1.82) is 0 Å². The Morgan fingerprint density at radius 1 is 1.29 bits per heavy atom. The van der Waals surface area contributed by atoms with Crippen LogP contribution in [0.25, 0.3) is 0 Å². The van der Waals surface area contributed by atoms with Crippen LogP contribution in [0.15, 0.2) is 28.9 Å². The highest BCUT2D eigenvalue weighted by Gasteiger charge is 2.10. The van der Waals surface area contributed by atoms with Crippen LogP contribution in [0.1, 0.15) is 22.4 Å². The van der Waals surface area contributed by atoms with E-state index in [4.69, 9.17) is 21.1 Å². The van der Waals surface area contributed by atoms with Gasteiger partial charge in [-0.15, -0.1) is 11.6 Å². The number of hydrogen-bond acceptors (Lipinski definition) is 3. The van der Waals surface area contributed by atoms with Gasteiger partial charge in [-0.05, 0) is 37.6 Å². The molecule has 21 heavy (non-hydrogen) atoms. The lowest BCUT2D eigenvalue weighted by molar-refractivity contribution is 0.298. The lowest BCUT2D eigenvalue weighted by Gasteiger charge is -2.13. The highest BCUT2D eigenvalue weighted by molar-refractivity contribution is 9.10. The van der Waals surface area contributed by atoms with E-state index < -0.39 is 0 Å². The van der Waals surface area contributed by atoms with Gasteiger partial charge in [0.2, 0.25) is 0 Å². The molecule has 0 fully saturated rings. The van der Waals surface area contributed by atoms with Gasteiger partial charge < -0.3 is 9.47 Å². The number of pyridine rings is 1. The summed E-state index contributed by atoms with van der Waals surface area (Å²) < 4.78 is 12.2. The van der Waals surface area contributed by atoms with Gasteiger partial charge in [0.1, 0.15) is 18.1 Å². The zero-order valence-electron chi connectivity index (χ0n) is 12.2. The zero-order chi connectivity index (χ0) is 15.4. The minimum atomic E-state index is 0.395. The number of aryl methyl sites for hydroxylation is 1. The van der Waals surface area contributed by atoms with E-state index in [1.165, 1.54) is 0 Å². The molecule has 112 valence electrons. The summed E-state index contributed by atoms with van der Waals surface area (Å²) in [6.45, 7) is 4.36. The second kappa shape index (κ2) is 7.14. The lowest BCUT2D eigenvalue weighted by atomic mass is 10.1. The molecule has 5 heteroatoms. The molecule has 0 atom stereocenters. The van der Waals surface area contributed by atoms with Gasteiger partial charge in [0.15, 0.2) is 0 Å². The molecule has 2 rings (SSSR count). The number of ether oxygens (including phenoxy) is 2. The molecule has 0 unspecified atom stereocenters. The zero-order valence-corrected chi connectivity index (χ0v) is 14.6. The van der Waals surface area contributed by atoms with Crippen LogP contribution in [0, 0.1) is 13.8 Å². The lowest BCUT2D eigenvalue weighted by Crippen LogP contribution is -2.04. The highest BCUT2D eigenvalue weighted by atomic mass is 79.9. The fourth-order valence-corrected chi connectivity index (χ4v) is 2.88. The van der Waals surface area contributed by atoms with Crippen LogP contribution in [0.5, 0.6) is 11.5 Å². The maximum atomic E-state index is 5.89. The summed E-state index contributed by atoms with van der Waals surface area (Å²) in [6.07, 6.45) is 1.80. The number of alkyl halides is 1. The van der Waals surface area contributed by atoms with Gasteiger partial charge in [-0.3, -0.25) is 4.98 Å². The van der Waals surface area contributed by atoms with E-state index in [0.29, 0.717) is 12.5 Å². The number of rotatable bonds is 5. The van der Waals surface area contributed by atoms with Gasteiger partial charge in [0, 0.05) is 27.7 Å². The molecule has 1 heterocycles. The molecule has 0 aliphatic carbocycles. The first kappa shape index (κ1) is 16.1. The summed E-state index contributed by atoms with van der Waals surface area (Å²) in [6, 6.07) is 5.77. The predicted octanol–water partition coefficient (Wildman–Crippen LogP) is 4.79. The van der Waals surface area contributed by atoms with E-state index in [9.17, 15) is 0 Å². The quantitative estimate of drug-likeness (QED) is 0.709. The van der Waals surface area contributed by atoms with Crippen molar-refractivity contribution in [1.82, 2.24) is 4.98 Å². The van der Waals surface area contributed by atoms with Gasteiger partial charge in [0.25, 0.3) is 0 Å². The van der Waals surface area contributed by atoms with E-state index in [0.717, 1.165) is 38.4 Å². The molecular weight excluding hydrogens is 354 g/mol. The van der Waals surface area contributed by atoms with Crippen molar-refractivity contribution in [2.75, 3.05) is 7.11 Å². The monoisotopic (exact) mass is 369 g/mol. The van der Waals surface area contributed by atoms with Crippen LogP contribution in [0.2, 0.25) is 0 Å². The number of methoxy groups -OCH3 is 1. The van der Waals surface area contributed by atoms with Crippen molar-refractivity contribution in [3.05, 3.63) is 51.3 Å². The molecule has 1 aromatic carbocycles. The fourth-order valence-electron chi connectivity index (χ4n) is 2.11. The van der Waals surface area contributed by atoms with Gasteiger partial charge >= 0.3 is 0 Å². The Labute approximate surface area is 138 Å². The van der Waals surface area contributed by atoms with Crippen molar-refractivity contribution >= 4 is 27.5 Å². The maximum Gasteiger partial charge on any atom is 0.131 e. The van der Waals surface area contributed by atoms with Gasteiger partial charge in [0.05, 0.1) is 12.8 Å². The number of nitrogens with zero attached hydrogens (tertiary/aromatic N) is 1. The average molecular weight is 371 g/mol. The molecule has 3 nitrogen and oxygen atoms in total. The van der Waals surface area contributed by atoms with Crippen LogP contribution in [-0.2, 0) is 12.5 Å².